The number of piperidine rings is 1. The fourth-order valence-electron chi connectivity index (χ4n) is 2.70. The molecule has 0 unspecified atom stereocenters. The van der Waals surface area contributed by atoms with Crippen LogP contribution in [-0.4, -0.2) is 30.5 Å². The maximum atomic E-state index is 11.8. The first-order valence-electron chi connectivity index (χ1n) is 7.28. The van der Waals surface area contributed by atoms with Gasteiger partial charge >= 0.3 is 0 Å². The Balaban J connectivity index is 2.10. The molecule has 1 heterocycles. The van der Waals surface area contributed by atoms with Crippen molar-refractivity contribution in [1.29, 1.82) is 5.26 Å². The van der Waals surface area contributed by atoms with Gasteiger partial charge in [-0.15, -0.1) is 0 Å². The van der Waals surface area contributed by atoms with E-state index in [4.69, 9.17) is 0 Å². The average Bonchev–Trinajstić information content (AvgIpc) is 2.54. The molecule has 1 N–H and O–H groups in total. The lowest BCUT2D eigenvalue weighted by Crippen LogP contribution is -2.40. The number of rotatable bonds is 4. The fourth-order valence-corrected chi connectivity index (χ4v) is 2.70. The first-order valence-corrected chi connectivity index (χ1v) is 7.28. The van der Waals surface area contributed by atoms with Crippen molar-refractivity contribution in [1.82, 2.24) is 5.32 Å². The second-order valence-corrected chi connectivity index (χ2v) is 5.23. The molecular weight excluding hydrogens is 284 g/mol. The summed E-state index contributed by atoms with van der Waals surface area (Å²) in [6.45, 7) is 3.84. The number of nitro benzene ring substituents is 1. The van der Waals surface area contributed by atoms with Gasteiger partial charge < -0.3 is 10.2 Å². The van der Waals surface area contributed by atoms with Crippen LogP contribution in [0.3, 0.4) is 0 Å². The fraction of sp³-hybridized carbons (Fsp3) is 0.467. The van der Waals surface area contributed by atoms with Crippen LogP contribution in [0.15, 0.2) is 18.2 Å². The number of non-ortho nitro benzene ring substituents is 1. The van der Waals surface area contributed by atoms with Crippen LogP contribution in [0.2, 0.25) is 0 Å². The highest BCUT2D eigenvalue weighted by atomic mass is 16.6. The molecule has 1 aliphatic rings. The molecule has 0 saturated carbocycles. The van der Waals surface area contributed by atoms with Gasteiger partial charge in [-0.3, -0.25) is 14.9 Å². The van der Waals surface area contributed by atoms with Crippen molar-refractivity contribution in [2.45, 2.75) is 19.8 Å². The zero-order valence-corrected chi connectivity index (χ0v) is 12.4. The monoisotopic (exact) mass is 302 g/mol. The quantitative estimate of drug-likeness (QED) is 0.675. The van der Waals surface area contributed by atoms with Gasteiger partial charge in [0.2, 0.25) is 5.91 Å². The molecular formula is C15H18N4O3. The number of benzene rings is 1. The van der Waals surface area contributed by atoms with E-state index < -0.39 is 4.92 Å². The second-order valence-electron chi connectivity index (χ2n) is 5.23. The SMILES string of the molecule is CCNC(=O)C1CCN(c2ccc([N+](=O)[O-])cc2C#N)CC1. The highest BCUT2D eigenvalue weighted by molar-refractivity contribution is 5.79. The van der Waals surface area contributed by atoms with E-state index in [1.807, 2.05) is 17.9 Å². The number of amides is 1. The topological polar surface area (TPSA) is 99.3 Å². The number of anilines is 1. The predicted molar refractivity (Wildman–Crippen MR) is 81.4 cm³/mol. The van der Waals surface area contributed by atoms with Crippen molar-refractivity contribution in [2.75, 3.05) is 24.5 Å². The van der Waals surface area contributed by atoms with E-state index in [2.05, 4.69) is 5.32 Å². The molecule has 1 fully saturated rings. The molecule has 1 aliphatic heterocycles. The first kappa shape index (κ1) is 15.8. The van der Waals surface area contributed by atoms with E-state index in [-0.39, 0.29) is 17.5 Å². The number of carbonyl (C=O) groups is 1. The minimum Gasteiger partial charge on any atom is -0.370 e. The molecule has 0 radical (unpaired) electrons. The molecule has 1 aromatic carbocycles. The smallest absolute Gasteiger partial charge is 0.270 e. The van der Waals surface area contributed by atoms with Crippen LogP contribution in [0.4, 0.5) is 11.4 Å². The molecule has 7 heteroatoms. The number of nitro groups is 1. The Kier molecular flexibility index (Phi) is 4.94. The molecule has 0 aromatic heterocycles. The van der Waals surface area contributed by atoms with E-state index in [1.165, 1.54) is 12.1 Å². The first-order chi connectivity index (χ1) is 10.6. The van der Waals surface area contributed by atoms with Gasteiger partial charge in [-0.1, -0.05) is 0 Å². The van der Waals surface area contributed by atoms with Crippen LogP contribution >= 0.6 is 0 Å². The van der Waals surface area contributed by atoms with E-state index in [0.717, 1.165) is 0 Å². The summed E-state index contributed by atoms with van der Waals surface area (Å²) >= 11 is 0. The molecule has 7 nitrogen and oxygen atoms in total. The van der Waals surface area contributed by atoms with Gasteiger partial charge in [0.05, 0.1) is 16.2 Å². The van der Waals surface area contributed by atoms with Gasteiger partial charge in [-0.05, 0) is 25.8 Å². The van der Waals surface area contributed by atoms with Gasteiger partial charge in [0, 0.05) is 37.7 Å². The lowest BCUT2D eigenvalue weighted by molar-refractivity contribution is -0.384. The van der Waals surface area contributed by atoms with Crippen molar-refractivity contribution in [3.8, 4) is 6.07 Å². The summed E-state index contributed by atoms with van der Waals surface area (Å²) in [6.07, 6.45) is 1.43. The number of nitrogens with one attached hydrogen (secondary N) is 1. The van der Waals surface area contributed by atoms with E-state index >= 15 is 0 Å². The van der Waals surface area contributed by atoms with Crippen molar-refractivity contribution < 1.29 is 9.72 Å². The van der Waals surface area contributed by atoms with Crippen molar-refractivity contribution in [2.24, 2.45) is 5.92 Å². The Morgan fingerprint density at radius 3 is 2.73 bits per heavy atom. The summed E-state index contributed by atoms with van der Waals surface area (Å²) in [4.78, 5) is 24.1. The van der Waals surface area contributed by atoms with Crippen molar-refractivity contribution in [3.63, 3.8) is 0 Å². The average molecular weight is 302 g/mol. The number of nitriles is 1. The predicted octanol–water partition coefficient (Wildman–Crippen LogP) is 1.82. The Morgan fingerprint density at radius 1 is 1.50 bits per heavy atom. The van der Waals surface area contributed by atoms with Gasteiger partial charge in [0.15, 0.2) is 0 Å². The maximum Gasteiger partial charge on any atom is 0.270 e. The normalized spacial score (nSPS) is 15.2. The van der Waals surface area contributed by atoms with Gasteiger partial charge in [-0.25, -0.2) is 0 Å². The molecule has 2 rings (SSSR count). The van der Waals surface area contributed by atoms with E-state index in [1.54, 1.807) is 6.07 Å². The summed E-state index contributed by atoms with van der Waals surface area (Å²) in [5.74, 6) is 0.0751. The lowest BCUT2D eigenvalue weighted by Gasteiger charge is -2.33. The Labute approximate surface area is 128 Å². The second kappa shape index (κ2) is 6.89. The number of carbonyl (C=O) groups excluding carboxylic acids is 1. The summed E-state index contributed by atoms with van der Waals surface area (Å²) in [5, 5.41) is 22.8. The van der Waals surface area contributed by atoms with Crippen LogP contribution in [0.5, 0.6) is 0 Å². The molecule has 1 aromatic rings. The van der Waals surface area contributed by atoms with Crippen molar-refractivity contribution in [3.05, 3.63) is 33.9 Å². The van der Waals surface area contributed by atoms with Crippen LogP contribution in [0.25, 0.3) is 0 Å². The summed E-state index contributed by atoms with van der Waals surface area (Å²) in [7, 11) is 0. The third-order valence-corrected chi connectivity index (χ3v) is 3.87. The molecule has 1 amide bonds. The van der Waals surface area contributed by atoms with E-state index in [0.29, 0.717) is 43.7 Å². The summed E-state index contributed by atoms with van der Waals surface area (Å²) < 4.78 is 0. The van der Waals surface area contributed by atoms with Gasteiger partial charge in [-0.2, -0.15) is 5.26 Å². The largest absolute Gasteiger partial charge is 0.370 e. The van der Waals surface area contributed by atoms with Crippen LogP contribution in [-0.2, 0) is 4.79 Å². The Hall–Kier alpha value is -2.62. The molecule has 22 heavy (non-hydrogen) atoms. The van der Waals surface area contributed by atoms with Crippen LogP contribution < -0.4 is 10.2 Å². The third-order valence-electron chi connectivity index (χ3n) is 3.87. The number of nitrogens with zero attached hydrogens (tertiary/aromatic N) is 3. The minimum atomic E-state index is -0.508. The molecule has 0 aliphatic carbocycles. The van der Waals surface area contributed by atoms with Gasteiger partial charge in [0.25, 0.3) is 5.69 Å². The summed E-state index contributed by atoms with van der Waals surface area (Å²) in [6, 6.07) is 6.34. The standard InChI is InChI=1S/C15H18N4O3/c1-2-17-15(20)11-5-7-18(8-6-11)14-4-3-13(19(21)22)9-12(14)10-16/h3-4,9,11H,2,5-8H2,1H3,(H,17,20). The number of hydrogen-bond acceptors (Lipinski definition) is 5. The van der Waals surface area contributed by atoms with Crippen LogP contribution in [0.1, 0.15) is 25.3 Å². The lowest BCUT2D eigenvalue weighted by atomic mass is 9.95. The zero-order chi connectivity index (χ0) is 16.1. The third kappa shape index (κ3) is 3.34. The van der Waals surface area contributed by atoms with Crippen molar-refractivity contribution >= 4 is 17.3 Å². The van der Waals surface area contributed by atoms with Crippen LogP contribution in [0, 0.1) is 27.4 Å². The summed E-state index contributed by atoms with van der Waals surface area (Å²) in [5.41, 5.74) is 0.908. The molecule has 1 saturated heterocycles. The Morgan fingerprint density at radius 2 is 2.18 bits per heavy atom. The Bertz CT molecular complexity index is 616. The molecule has 116 valence electrons. The minimum absolute atomic E-state index is 0.000200. The highest BCUT2D eigenvalue weighted by Gasteiger charge is 2.26. The molecule has 0 spiro atoms. The van der Waals surface area contributed by atoms with E-state index in [9.17, 15) is 20.2 Å². The number of hydrogen-bond donors (Lipinski definition) is 1. The van der Waals surface area contributed by atoms with Gasteiger partial charge in [0.1, 0.15) is 6.07 Å². The highest BCUT2D eigenvalue weighted by Crippen LogP contribution is 2.28. The molecule has 0 atom stereocenters. The molecule has 0 bridgehead atoms. The maximum absolute atomic E-state index is 11.8. The zero-order valence-electron chi connectivity index (χ0n) is 12.4.